The Bertz CT molecular complexity index is 949. The lowest BCUT2D eigenvalue weighted by Gasteiger charge is -2.26. The number of likely N-dealkylation sites (tertiary alicyclic amines) is 1. The van der Waals surface area contributed by atoms with Crippen LogP contribution < -0.4 is 0 Å². The van der Waals surface area contributed by atoms with E-state index in [4.69, 9.17) is 0 Å². The molecule has 3 atom stereocenters. The molecule has 6 nitrogen and oxygen atoms in total. The maximum atomic E-state index is 13.0. The highest BCUT2D eigenvalue weighted by atomic mass is 32.2. The van der Waals surface area contributed by atoms with Gasteiger partial charge in [-0.2, -0.15) is 4.31 Å². The Balaban J connectivity index is 1.52. The van der Waals surface area contributed by atoms with Crippen LogP contribution in [0.3, 0.4) is 0 Å². The van der Waals surface area contributed by atoms with Crippen molar-refractivity contribution in [3.63, 3.8) is 0 Å². The van der Waals surface area contributed by atoms with E-state index in [1.165, 1.54) is 20.5 Å². The molecule has 2 amide bonds. The van der Waals surface area contributed by atoms with Crippen molar-refractivity contribution < 1.29 is 18.0 Å². The standard InChI is InChI=1S/C20H22N2O4S2/c1-2-17(18-9-6-10-27-18)22-19(23)15-11-21(12-16(15)20(22)24)28(25,26)13-14-7-4-3-5-8-14/h3-10,15-17H,2,11-13H2,1H3/t15-,16+,17?. The molecule has 1 aromatic carbocycles. The Morgan fingerprint density at radius 3 is 2.21 bits per heavy atom. The van der Waals surface area contributed by atoms with Crippen LogP contribution >= 0.6 is 11.3 Å². The summed E-state index contributed by atoms with van der Waals surface area (Å²) in [4.78, 5) is 28.4. The highest BCUT2D eigenvalue weighted by molar-refractivity contribution is 7.88. The van der Waals surface area contributed by atoms with Crippen LogP contribution in [-0.4, -0.2) is 42.5 Å². The number of sulfonamides is 1. The van der Waals surface area contributed by atoms with E-state index >= 15 is 0 Å². The van der Waals surface area contributed by atoms with Gasteiger partial charge in [0.25, 0.3) is 0 Å². The van der Waals surface area contributed by atoms with Crippen LogP contribution in [0.5, 0.6) is 0 Å². The number of nitrogens with zero attached hydrogens (tertiary/aromatic N) is 2. The SMILES string of the molecule is CCC(c1cccs1)N1C(=O)[C@H]2CN(S(=O)(=O)Cc3ccccc3)C[C@H]2C1=O. The lowest BCUT2D eigenvalue weighted by atomic mass is 10.00. The van der Waals surface area contributed by atoms with Gasteiger partial charge in [-0.25, -0.2) is 8.42 Å². The Morgan fingerprint density at radius 1 is 1.04 bits per heavy atom. The summed E-state index contributed by atoms with van der Waals surface area (Å²) in [5, 5.41) is 1.93. The lowest BCUT2D eigenvalue weighted by Crippen LogP contribution is -2.40. The van der Waals surface area contributed by atoms with Crippen molar-refractivity contribution in [2.45, 2.75) is 25.1 Å². The van der Waals surface area contributed by atoms with E-state index in [0.717, 1.165) is 4.88 Å². The minimum atomic E-state index is -3.58. The van der Waals surface area contributed by atoms with Crippen molar-refractivity contribution in [1.29, 1.82) is 0 Å². The van der Waals surface area contributed by atoms with Crippen LogP contribution in [0.4, 0.5) is 0 Å². The highest BCUT2D eigenvalue weighted by Crippen LogP contribution is 2.41. The average molecular weight is 419 g/mol. The van der Waals surface area contributed by atoms with Crippen LogP contribution in [0.1, 0.15) is 29.8 Å². The smallest absolute Gasteiger partial charge is 0.235 e. The molecule has 2 aliphatic rings. The van der Waals surface area contributed by atoms with Crippen molar-refractivity contribution in [3.05, 3.63) is 58.3 Å². The average Bonchev–Trinajstić information content (AvgIpc) is 3.39. The summed E-state index contributed by atoms with van der Waals surface area (Å²) in [5.74, 6) is -1.76. The van der Waals surface area contributed by atoms with E-state index in [2.05, 4.69) is 0 Å². The first-order valence-electron chi connectivity index (χ1n) is 9.34. The second-order valence-electron chi connectivity index (χ2n) is 7.26. The predicted molar refractivity (Wildman–Crippen MR) is 107 cm³/mol. The van der Waals surface area contributed by atoms with Gasteiger partial charge in [-0.05, 0) is 23.4 Å². The fraction of sp³-hybridized carbons (Fsp3) is 0.400. The Kier molecular flexibility index (Phi) is 5.11. The third-order valence-corrected chi connectivity index (χ3v) is 8.31. The fourth-order valence-electron chi connectivity index (χ4n) is 4.14. The molecule has 8 heteroatoms. The third kappa shape index (κ3) is 3.29. The molecule has 1 unspecified atom stereocenters. The normalized spacial score (nSPS) is 24.0. The van der Waals surface area contributed by atoms with E-state index in [-0.39, 0.29) is 36.7 Å². The van der Waals surface area contributed by atoms with E-state index in [0.29, 0.717) is 12.0 Å². The molecule has 2 aliphatic heterocycles. The molecular weight excluding hydrogens is 396 g/mol. The number of fused-ring (bicyclic) bond motifs is 1. The number of thiophene rings is 1. The van der Waals surface area contributed by atoms with Gasteiger partial charge in [-0.1, -0.05) is 43.3 Å². The molecule has 1 aromatic heterocycles. The summed E-state index contributed by atoms with van der Waals surface area (Å²) in [6.45, 7) is 2.12. The summed E-state index contributed by atoms with van der Waals surface area (Å²) in [6.07, 6.45) is 0.646. The molecule has 0 spiro atoms. The van der Waals surface area contributed by atoms with Gasteiger partial charge in [-0.15, -0.1) is 11.3 Å². The molecule has 0 N–H and O–H groups in total. The second-order valence-corrected chi connectivity index (χ2v) is 10.2. The molecule has 0 saturated carbocycles. The van der Waals surface area contributed by atoms with Gasteiger partial charge >= 0.3 is 0 Å². The Morgan fingerprint density at radius 2 is 1.68 bits per heavy atom. The monoisotopic (exact) mass is 418 g/mol. The topological polar surface area (TPSA) is 74.8 Å². The minimum Gasteiger partial charge on any atom is -0.274 e. The van der Waals surface area contributed by atoms with E-state index in [9.17, 15) is 18.0 Å². The van der Waals surface area contributed by atoms with Gasteiger partial charge in [0.05, 0.1) is 23.6 Å². The van der Waals surface area contributed by atoms with Crippen molar-refractivity contribution >= 4 is 33.2 Å². The fourth-order valence-corrected chi connectivity index (χ4v) is 6.61. The van der Waals surface area contributed by atoms with Gasteiger partial charge in [0.1, 0.15) is 0 Å². The van der Waals surface area contributed by atoms with Gasteiger partial charge in [-0.3, -0.25) is 14.5 Å². The number of carbonyl (C=O) groups is 2. The molecule has 2 aromatic rings. The molecule has 2 saturated heterocycles. The molecule has 4 rings (SSSR count). The Hall–Kier alpha value is -2.03. The minimum absolute atomic E-state index is 0.0851. The maximum absolute atomic E-state index is 13.0. The number of hydrogen-bond acceptors (Lipinski definition) is 5. The molecule has 28 heavy (non-hydrogen) atoms. The zero-order valence-electron chi connectivity index (χ0n) is 15.5. The number of hydrogen-bond donors (Lipinski definition) is 0. The Labute approximate surface area is 168 Å². The molecule has 148 valence electrons. The van der Waals surface area contributed by atoms with Gasteiger partial charge in [0.15, 0.2) is 0 Å². The summed E-state index contributed by atoms with van der Waals surface area (Å²) in [7, 11) is -3.58. The van der Waals surface area contributed by atoms with Crippen molar-refractivity contribution in [2.24, 2.45) is 11.8 Å². The largest absolute Gasteiger partial charge is 0.274 e. The maximum Gasteiger partial charge on any atom is 0.235 e. The first kappa shape index (κ1) is 19.3. The second kappa shape index (κ2) is 7.42. The summed E-state index contributed by atoms with van der Waals surface area (Å²) in [6, 6.07) is 12.5. The lowest BCUT2D eigenvalue weighted by molar-refractivity contribution is -0.143. The van der Waals surface area contributed by atoms with Crippen LogP contribution in [0.15, 0.2) is 47.8 Å². The predicted octanol–water partition coefficient (Wildman–Crippen LogP) is 2.65. The number of carbonyl (C=O) groups excluding carboxylic acids is 2. The van der Waals surface area contributed by atoms with Crippen LogP contribution in [0.25, 0.3) is 0 Å². The number of rotatable bonds is 6. The van der Waals surface area contributed by atoms with E-state index < -0.39 is 21.9 Å². The quantitative estimate of drug-likeness (QED) is 0.676. The van der Waals surface area contributed by atoms with Crippen molar-refractivity contribution in [2.75, 3.05) is 13.1 Å². The summed E-state index contributed by atoms with van der Waals surface area (Å²) in [5.41, 5.74) is 0.697. The van der Waals surface area contributed by atoms with Gasteiger partial charge < -0.3 is 0 Å². The van der Waals surface area contributed by atoms with E-state index in [1.807, 2.05) is 30.5 Å². The summed E-state index contributed by atoms with van der Waals surface area (Å²) < 4.78 is 26.9. The number of benzene rings is 1. The molecule has 2 fully saturated rings. The van der Waals surface area contributed by atoms with Crippen molar-refractivity contribution in [3.8, 4) is 0 Å². The van der Waals surface area contributed by atoms with Crippen molar-refractivity contribution in [1.82, 2.24) is 9.21 Å². The van der Waals surface area contributed by atoms with Crippen LogP contribution in [0.2, 0.25) is 0 Å². The van der Waals surface area contributed by atoms with Gasteiger partial charge in [0.2, 0.25) is 21.8 Å². The zero-order chi connectivity index (χ0) is 19.9. The molecule has 0 radical (unpaired) electrons. The highest BCUT2D eigenvalue weighted by Gasteiger charge is 2.56. The van der Waals surface area contributed by atoms with Gasteiger partial charge in [0, 0.05) is 18.0 Å². The zero-order valence-corrected chi connectivity index (χ0v) is 17.2. The summed E-state index contributed by atoms with van der Waals surface area (Å²) >= 11 is 1.53. The third-order valence-electron chi connectivity index (χ3n) is 5.55. The first-order valence-corrected chi connectivity index (χ1v) is 11.8. The number of amides is 2. The van der Waals surface area contributed by atoms with Crippen LogP contribution in [0, 0.1) is 11.8 Å². The molecule has 0 bridgehead atoms. The molecule has 3 heterocycles. The molecular formula is C20H22N2O4S2. The first-order chi connectivity index (χ1) is 13.4. The van der Waals surface area contributed by atoms with Crippen LogP contribution in [-0.2, 0) is 25.4 Å². The number of imide groups is 1. The van der Waals surface area contributed by atoms with E-state index in [1.54, 1.807) is 24.3 Å². The molecule has 0 aliphatic carbocycles.